The third-order valence-electron chi connectivity index (χ3n) is 6.10. The molecule has 0 amide bonds. The number of halogens is 1. The van der Waals surface area contributed by atoms with E-state index in [-0.39, 0.29) is 11.3 Å². The van der Waals surface area contributed by atoms with Crippen LogP contribution in [0.2, 0.25) is 0 Å². The van der Waals surface area contributed by atoms with Gasteiger partial charge in [-0.15, -0.1) is 11.3 Å². The van der Waals surface area contributed by atoms with Crippen LogP contribution in [0.4, 0.5) is 4.39 Å². The van der Waals surface area contributed by atoms with Crippen LogP contribution in [0.25, 0.3) is 4.96 Å². The molecule has 2 heterocycles. The third-order valence-corrected chi connectivity index (χ3v) is 7.61. The number of aromatic nitrogens is 2. The molecule has 0 unspecified atom stereocenters. The standard InChI is InChI=1S/C16H19FN2O3S2/c17-9-24(20,21)22-14-8-23-15-18-13(7-19(14)15)16-4-10-1-11(5-16)3-12(2-10)6-16/h7-8,10-12H,1-6,9H2. The summed E-state index contributed by atoms with van der Waals surface area (Å²) in [6.07, 6.45) is 9.61. The molecule has 4 saturated carbocycles. The second kappa shape index (κ2) is 4.94. The van der Waals surface area contributed by atoms with Crippen LogP contribution in [0, 0.1) is 17.8 Å². The molecule has 8 heteroatoms. The summed E-state index contributed by atoms with van der Waals surface area (Å²) in [7, 11) is -4.18. The maximum Gasteiger partial charge on any atom is 0.340 e. The van der Waals surface area contributed by atoms with E-state index in [2.05, 4.69) is 0 Å². The zero-order valence-corrected chi connectivity index (χ0v) is 14.8. The van der Waals surface area contributed by atoms with E-state index in [4.69, 9.17) is 9.17 Å². The highest BCUT2D eigenvalue weighted by Gasteiger charge is 2.52. The van der Waals surface area contributed by atoms with Crippen molar-refractivity contribution in [2.75, 3.05) is 6.01 Å². The van der Waals surface area contributed by atoms with E-state index in [1.54, 1.807) is 9.78 Å². The zero-order chi connectivity index (χ0) is 16.5. The second-order valence-electron chi connectivity index (χ2n) is 7.80. The molecule has 0 atom stereocenters. The fourth-order valence-corrected chi connectivity index (χ4v) is 6.93. The van der Waals surface area contributed by atoms with Gasteiger partial charge in [-0.25, -0.2) is 9.37 Å². The monoisotopic (exact) mass is 370 g/mol. The topological polar surface area (TPSA) is 60.7 Å². The molecule has 5 nitrogen and oxygen atoms in total. The molecular weight excluding hydrogens is 351 g/mol. The highest BCUT2D eigenvalue weighted by atomic mass is 32.2. The van der Waals surface area contributed by atoms with E-state index < -0.39 is 16.1 Å². The minimum absolute atomic E-state index is 0.135. The molecule has 6 rings (SSSR count). The van der Waals surface area contributed by atoms with Crippen molar-refractivity contribution in [2.24, 2.45) is 17.8 Å². The molecule has 0 aromatic carbocycles. The van der Waals surface area contributed by atoms with Gasteiger partial charge in [0, 0.05) is 11.6 Å². The fourth-order valence-electron chi connectivity index (χ4n) is 5.66. The first-order chi connectivity index (χ1) is 11.5. The summed E-state index contributed by atoms with van der Waals surface area (Å²) in [5.74, 6) is 2.59. The Hall–Kier alpha value is -1.15. The molecule has 4 aliphatic rings. The average Bonchev–Trinajstić information content (AvgIpc) is 3.08. The lowest BCUT2D eigenvalue weighted by Crippen LogP contribution is -2.48. The molecule has 0 radical (unpaired) electrons. The Labute approximate surface area is 144 Å². The third kappa shape index (κ3) is 2.22. The summed E-state index contributed by atoms with van der Waals surface area (Å²) in [5.41, 5.74) is 1.22. The van der Waals surface area contributed by atoms with Crippen LogP contribution < -0.4 is 4.18 Å². The lowest BCUT2D eigenvalue weighted by molar-refractivity contribution is -0.00696. The number of nitrogens with zero attached hydrogens (tertiary/aromatic N) is 2. The zero-order valence-electron chi connectivity index (χ0n) is 13.2. The molecule has 130 valence electrons. The van der Waals surface area contributed by atoms with Crippen molar-refractivity contribution in [1.82, 2.24) is 9.38 Å². The van der Waals surface area contributed by atoms with Crippen LogP contribution in [0.5, 0.6) is 5.88 Å². The van der Waals surface area contributed by atoms with E-state index in [9.17, 15) is 12.8 Å². The summed E-state index contributed by atoms with van der Waals surface area (Å²) >= 11 is 1.33. The van der Waals surface area contributed by atoms with Crippen LogP contribution in [0.1, 0.15) is 44.2 Å². The number of imidazole rings is 1. The summed E-state index contributed by atoms with van der Waals surface area (Å²) in [6.45, 7) is 0. The van der Waals surface area contributed by atoms with E-state index in [1.807, 2.05) is 6.20 Å². The lowest BCUT2D eigenvalue weighted by Gasteiger charge is -2.56. The number of rotatable bonds is 4. The first kappa shape index (κ1) is 15.1. The molecule has 2 aromatic heterocycles. The van der Waals surface area contributed by atoms with Crippen LogP contribution in [0.3, 0.4) is 0 Å². The van der Waals surface area contributed by atoms with Gasteiger partial charge in [-0.2, -0.15) is 8.42 Å². The minimum atomic E-state index is -4.18. The van der Waals surface area contributed by atoms with Crippen molar-refractivity contribution in [2.45, 2.75) is 43.9 Å². The molecule has 4 fully saturated rings. The smallest absolute Gasteiger partial charge is 0.340 e. The van der Waals surface area contributed by atoms with Gasteiger partial charge < -0.3 is 4.18 Å². The Kier molecular flexibility index (Phi) is 3.11. The van der Waals surface area contributed by atoms with Gasteiger partial charge in [0.2, 0.25) is 11.9 Å². The molecular formula is C16H19FN2O3S2. The molecule has 24 heavy (non-hydrogen) atoms. The summed E-state index contributed by atoms with van der Waals surface area (Å²) in [6, 6.07) is -1.53. The van der Waals surface area contributed by atoms with Crippen LogP contribution in [-0.2, 0) is 15.5 Å². The number of hydrogen-bond donors (Lipinski definition) is 0. The van der Waals surface area contributed by atoms with E-state index in [0.29, 0.717) is 4.96 Å². The maximum atomic E-state index is 12.5. The molecule has 0 aliphatic heterocycles. The first-order valence-electron chi connectivity index (χ1n) is 8.41. The Morgan fingerprint density at radius 2 is 1.88 bits per heavy atom. The van der Waals surface area contributed by atoms with Crippen molar-refractivity contribution in [1.29, 1.82) is 0 Å². The van der Waals surface area contributed by atoms with Crippen molar-refractivity contribution < 1.29 is 17.0 Å². The minimum Gasteiger partial charge on any atom is -0.360 e. The predicted molar refractivity (Wildman–Crippen MR) is 88.4 cm³/mol. The highest BCUT2D eigenvalue weighted by molar-refractivity contribution is 7.86. The van der Waals surface area contributed by atoms with E-state index >= 15 is 0 Å². The number of hydrogen-bond acceptors (Lipinski definition) is 5. The predicted octanol–water partition coefficient (Wildman–Crippen LogP) is 3.50. The van der Waals surface area contributed by atoms with Crippen LogP contribution in [0.15, 0.2) is 11.6 Å². The summed E-state index contributed by atoms with van der Waals surface area (Å²) < 4.78 is 41.9. The largest absolute Gasteiger partial charge is 0.360 e. The summed E-state index contributed by atoms with van der Waals surface area (Å²) in [4.78, 5) is 5.50. The molecule has 2 aromatic rings. The normalized spacial score (nSPS) is 35.0. The number of fused-ring (bicyclic) bond motifs is 1. The highest BCUT2D eigenvalue weighted by Crippen LogP contribution is 2.60. The van der Waals surface area contributed by atoms with Gasteiger partial charge in [0.1, 0.15) is 0 Å². The van der Waals surface area contributed by atoms with Gasteiger partial charge >= 0.3 is 10.1 Å². The van der Waals surface area contributed by atoms with Crippen molar-refractivity contribution in [3.05, 3.63) is 17.3 Å². The van der Waals surface area contributed by atoms with Crippen LogP contribution in [-0.4, -0.2) is 23.8 Å². The Balaban J connectivity index is 1.53. The van der Waals surface area contributed by atoms with Gasteiger partial charge in [0.25, 0.3) is 0 Å². The fraction of sp³-hybridized carbons (Fsp3) is 0.688. The van der Waals surface area contributed by atoms with Crippen molar-refractivity contribution in [3.63, 3.8) is 0 Å². The lowest BCUT2D eigenvalue weighted by atomic mass is 9.49. The Morgan fingerprint density at radius 3 is 2.46 bits per heavy atom. The van der Waals surface area contributed by atoms with E-state index in [0.717, 1.165) is 23.4 Å². The second-order valence-corrected chi connectivity index (χ2v) is 10.1. The molecule has 4 bridgehead atoms. The van der Waals surface area contributed by atoms with Gasteiger partial charge in [-0.1, -0.05) is 0 Å². The van der Waals surface area contributed by atoms with Gasteiger partial charge in [-0.3, -0.25) is 4.40 Å². The quantitative estimate of drug-likeness (QED) is 0.773. The number of thiazole rings is 1. The molecule has 0 saturated heterocycles. The van der Waals surface area contributed by atoms with E-state index in [1.165, 1.54) is 49.9 Å². The molecule has 0 spiro atoms. The molecule has 4 aliphatic carbocycles. The first-order valence-corrected chi connectivity index (χ1v) is 10.9. The Bertz CT molecular complexity index is 866. The number of alkyl halides is 1. The molecule has 0 N–H and O–H groups in total. The van der Waals surface area contributed by atoms with Crippen molar-refractivity contribution >= 4 is 26.4 Å². The van der Waals surface area contributed by atoms with Gasteiger partial charge in [0.15, 0.2) is 4.96 Å². The summed E-state index contributed by atoms with van der Waals surface area (Å²) in [5, 5.41) is 1.57. The maximum absolute atomic E-state index is 12.5. The van der Waals surface area contributed by atoms with Gasteiger partial charge in [0.05, 0.1) is 11.1 Å². The Morgan fingerprint density at radius 1 is 1.25 bits per heavy atom. The average molecular weight is 370 g/mol. The SMILES string of the molecule is O=S(=O)(CF)Oc1csc2nc(C34CC5CC(CC(C5)C3)C4)cn12. The van der Waals surface area contributed by atoms with Crippen molar-refractivity contribution in [3.8, 4) is 5.88 Å². The van der Waals surface area contributed by atoms with Gasteiger partial charge in [-0.05, 0) is 56.3 Å². The van der Waals surface area contributed by atoms with Crippen LogP contribution >= 0.6 is 11.3 Å².